The quantitative estimate of drug-likeness (QED) is 0.746. The van der Waals surface area contributed by atoms with Gasteiger partial charge in [0.1, 0.15) is 0 Å². The van der Waals surface area contributed by atoms with Crippen LogP contribution in [0.5, 0.6) is 11.5 Å². The highest BCUT2D eigenvalue weighted by molar-refractivity contribution is 7.14. The van der Waals surface area contributed by atoms with Crippen LogP contribution in [0.25, 0.3) is 11.3 Å². The monoisotopic (exact) mass is 353 g/mol. The molecule has 0 saturated carbocycles. The lowest BCUT2D eigenvalue weighted by molar-refractivity contribution is 0.102. The molecule has 0 spiro atoms. The molecule has 6 nitrogen and oxygen atoms in total. The molecule has 7 heteroatoms. The standard InChI is InChI=1S/C18H15N3O3S/c1-19-18-21-14(9-25-18)11-2-5-13(6-3-11)20-17(22)12-4-7-15-16(8-12)24-10-23-15/h2-9H,10H2,1H3,(H,19,21)(H,20,22). The Balaban J connectivity index is 1.48. The van der Waals surface area contributed by atoms with E-state index in [4.69, 9.17) is 9.47 Å². The van der Waals surface area contributed by atoms with Crippen LogP contribution < -0.4 is 20.1 Å². The van der Waals surface area contributed by atoms with Crippen molar-refractivity contribution < 1.29 is 14.3 Å². The number of carbonyl (C=O) groups excluding carboxylic acids is 1. The number of carbonyl (C=O) groups is 1. The van der Waals surface area contributed by atoms with Gasteiger partial charge >= 0.3 is 0 Å². The minimum Gasteiger partial charge on any atom is -0.454 e. The Kier molecular flexibility index (Phi) is 3.99. The summed E-state index contributed by atoms with van der Waals surface area (Å²) in [7, 11) is 1.84. The fourth-order valence-electron chi connectivity index (χ4n) is 2.49. The Morgan fingerprint density at radius 2 is 1.92 bits per heavy atom. The predicted octanol–water partition coefficient (Wildman–Crippen LogP) is 3.83. The second kappa shape index (κ2) is 6.45. The van der Waals surface area contributed by atoms with Crippen molar-refractivity contribution in [2.75, 3.05) is 24.5 Å². The van der Waals surface area contributed by atoms with Gasteiger partial charge in [-0.3, -0.25) is 4.79 Å². The van der Waals surface area contributed by atoms with Crippen LogP contribution in [-0.2, 0) is 0 Å². The average molecular weight is 353 g/mol. The van der Waals surface area contributed by atoms with Gasteiger partial charge in [0.25, 0.3) is 5.91 Å². The molecule has 4 rings (SSSR count). The van der Waals surface area contributed by atoms with Gasteiger partial charge < -0.3 is 20.1 Å². The van der Waals surface area contributed by atoms with Gasteiger partial charge in [0.2, 0.25) is 6.79 Å². The highest BCUT2D eigenvalue weighted by atomic mass is 32.1. The summed E-state index contributed by atoms with van der Waals surface area (Å²) in [6.45, 7) is 0.188. The van der Waals surface area contributed by atoms with E-state index in [1.807, 2.05) is 36.7 Å². The van der Waals surface area contributed by atoms with E-state index in [9.17, 15) is 4.79 Å². The molecule has 1 aromatic heterocycles. The van der Waals surface area contributed by atoms with Crippen molar-refractivity contribution in [3.8, 4) is 22.8 Å². The second-order valence-corrected chi connectivity index (χ2v) is 6.25. The van der Waals surface area contributed by atoms with Crippen LogP contribution in [0.3, 0.4) is 0 Å². The first-order chi connectivity index (χ1) is 12.2. The first-order valence-electron chi connectivity index (χ1n) is 7.67. The van der Waals surface area contributed by atoms with Crippen molar-refractivity contribution in [3.63, 3.8) is 0 Å². The molecule has 25 heavy (non-hydrogen) atoms. The molecule has 0 saturated heterocycles. The van der Waals surface area contributed by atoms with Crippen LogP contribution in [0.15, 0.2) is 47.8 Å². The first-order valence-corrected chi connectivity index (χ1v) is 8.55. The lowest BCUT2D eigenvalue weighted by atomic mass is 10.1. The maximum absolute atomic E-state index is 12.4. The summed E-state index contributed by atoms with van der Waals surface area (Å²) in [4.78, 5) is 16.8. The number of hydrogen-bond donors (Lipinski definition) is 2. The van der Waals surface area contributed by atoms with Gasteiger partial charge in [-0.2, -0.15) is 0 Å². The Bertz CT molecular complexity index is 922. The normalized spacial score (nSPS) is 12.0. The van der Waals surface area contributed by atoms with Crippen molar-refractivity contribution in [3.05, 3.63) is 53.4 Å². The number of rotatable bonds is 4. The molecule has 3 aromatic rings. The number of nitrogens with zero attached hydrogens (tertiary/aromatic N) is 1. The summed E-state index contributed by atoms with van der Waals surface area (Å²) in [6, 6.07) is 12.7. The average Bonchev–Trinajstić information content (AvgIpc) is 3.30. The molecule has 0 radical (unpaired) electrons. The zero-order valence-electron chi connectivity index (χ0n) is 13.4. The molecule has 1 aliphatic heterocycles. The summed E-state index contributed by atoms with van der Waals surface area (Å²) in [5.41, 5.74) is 3.14. The molecular weight excluding hydrogens is 338 g/mol. The second-order valence-electron chi connectivity index (χ2n) is 5.39. The molecule has 0 aliphatic carbocycles. The molecule has 0 atom stereocenters. The van der Waals surface area contributed by atoms with E-state index in [-0.39, 0.29) is 12.7 Å². The number of fused-ring (bicyclic) bond motifs is 1. The molecule has 1 amide bonds. The van der Waals surface area contributed by atoms with Crippen LogP contribution in [0.1, 0.15) is 10.4 Å². The molecule has 2 N–H and O–H groups in total. The van der Waals surface area contributed by atoms with Crippen LogP contribution in [0, 0.1) is 0 Å². The first kappa shape index (κ1) is 15.5. The SMILES string of the molecule is CNc1nc(-c2ccc(NC(=O)c3ccc4c(c3)OCO4)cc2)cs1. The third-order valence-corrected chi connectivity index (χ3v) is 4.65. The Hall–Kier alpha value is -3.06. The third-order valence-electron chi connectivity index (χ3n) is 3.79. The third kappa shape index (κ3) is 3.14. The maximum Gasteiger partial charge on any atom is 0.255 e. The van der Waals surface area contributed by atoms with Crippen molar-refractivity contribution in [1.29, 1.82) is 0 Å². The number of amides is 1. The summed E-state index contributed by atoms with van der Waals surface area (Å²) >= 11 is 1.55. The topological polar surface area (TPSA) is 72.5 Å². The van der Waals surface area contributed by atoms with Crippen LogP contribution in [0.4, 0.5) is 10.8 Å². The van der Waals surface area contributed by atoms with Crippen LogP contribution in [0.2, 0.25) is 0 Å². The summed E-state index contributed by atoms with van der Waals surface area (Å²) in [5, 5.41) is 8.76. The minimum atomic E-state index is -0.197. The molecule has 126 valence electrons. The predicted molar refractivity (Wildman–Crippen MR) is 97.6 cm³/mol. The molecule has 2 heterocycles. The number of aromatic nitrogens is 1. The molecule has 2 aromatic carbocycles. The Morgan fingerprint density at radius 1 is 1.12 bits per heavy atom. The molecule has 1 aliphatic rings. The van der Waals surface area contributed by atoms with Gasteiger partial charge in [0.15, 0.2) is 16.6 Å². The highest BCUT2D eigenvalue weighted by Crippen LogP contribution is 2.32. The Labute approximate surface area is 148 Å². The lowest BCUT2D eigenvalue weighted by Crippen LogP contribution is -2.11. The van der Waals surface area contributed by atoms with E-state index in [0.29, 0.717) is 17.1 Å². The zero-order chi connectivity index (χ0) is 17.2. The van der Waals surface area contributed by atoms with Gasteiger partial charge in [0, 0.05) is 29.2 Å². The zero-order valence-corrected chi connectivity index (χ0v) is 14.2. The number of nitrogens with one attached hydrogen (secondary N) is 2. The fourth-order valence-corrected chi connectivity index (χ4v) is 3.17. The molecular formula is C18H15N3O3S. The van der Waals surface area contributed by atoms with Gasteiger partial charge in [0.05, 0.1) is 5.69 Å². The smallest absolute Gasteiger partial charge is 0.255 e. The van der Waals surface area contributed by atoms with Gasteiger partial charge in [-0.25, -0.2) is 4.98 Å². The van der Waals surface area contributed by atoms with E-state index in [1.54, 1.807) is 29.5 Å². The van der Waals surface area contributed by atoms with Crippen LogP contribution >= 0.6 is 11.3 Å². The number of thiazole rings is 1. The molecule has 0 unspecified atom stereocenters. The fraction of sp³-hybridized carbons (Fsp3) is 0.111. The Morgan fingerprint density at radius 3 is 2.68 bits per heavy atom. The van der Waals surface area contributed by atoms with Crippen molar-refractivity contribution in [2.24, 2.45) is 0 Å². The summed E-state index contributed by atoms with van der Waals surface area (Å²) in [5.74, 6) is 1.05. The summed E-state index contributed by atoms with van der Waals surface area (Å²) < 4.78 is 10.6. The number of benzene rings is 2. The number of hydrogen-bond acceptors (Lipinski definition) is 6. The van der Waals surface area contributed by atoms with E-state index in [0.717, 1.165) is 22.1 Å². The lowest BCUT2D eigenvalue weighted by Gasteiger charge is -2.07. The number of ether oxygens (including phenoxy) is 2. The van der Waals surface area contributed by atoms with E-state index >= 15 is 0 Å². The van der Waals surface area contributed by atoms with Gasteiger partial charge in [-0.05, 0) is 30.3 Å². The van der Waals surface area contributed by atoms with Crippen molar-refractivity contribution >= 4 is 28.1 Å². The van der Waals surface area contributed by atoms with Crippen LogP contribution in [-0.4, -0.2) is 24.7 Å². The van der Waals surface area contributed by atoms with Gasteiger partial charge in [-0.1, -0.05) is 12.1 Å². The highest BCUT2D eigenvalue weighted by Gasteiger charge is 2.16. The molecule has 0 bridgehead atoms. The maximum atomic E-state index is 12.4. The van der Waals surface area contributed by atoms with Crippen molar-refractivity contribution in [2.45, 2.75) is 0 Å². The number of anilines is 2. The van der Waals surface area contributed by atoms with Crippen molar-refractivity contribution in [1.82, 2.24) is 4.98 Å². The minimum absolute atomic E-state index is 0.188. The van der Waals surface area contributed by atoms with E-state index < -0.39 is 0 Å². The molecule has 0 fully saturated rings. The van der Waals surface area contributed by atoms with E-state index in [2.05, 4.69) is 15.6 Å². The van der Waals surface area contributed by atoms with E-state index in [1.165, 1.54) is 0 Å². The largest absolute Gasteiger partial charge is 0.454 e. The summed E-state index contributed by atoms with van der Waals surface area (Å²) in [6.07, 6.45) is 0. The van der Waals surface area contributed by atoms with Gasteiger partial charge in [-0.15, -0.1) is 11.3 Å².